The first-order valence-electron chi connectivity index (χ1n) is 7.38. The number of hydrogen-bond acceptors (Lipinski definition) is 6. The first-order chi connectivity index (χ1) is 11.9. The lowest BCUT2D eigenvalue weighted by Crippen LogP contribution is -1.94. The van der Waals surface area contributed by atoms with Crippen molar-refractivity contribution in [1.29, 1.82) is 0 Å². The molecule has 0 atom stereocenters. The van der Waals surface area contributed by atoms with Gasteiger partial charge in [-0.2, -0.15) is 9.61 Å². The van der Waals surface area contributed by atoms with E-state index in [4.69, 9.17) is 0 Å². The Balaban J connectivity index is 1.67. The van der Waals surface area contributed by atoms with E-state index in [0.717, 1.165) is 32.3 Å². The standard InChI is InChI=1S/C17H10N6S/c1-2-6-12-11(5-1)8-9-13(19-12)15-20-21-17-23(15)22-16(24-17)14-7-3-4-10-18-14/h1-10H. The third-order valence-electron chi connectivity index (χ3n) is 3.70. The van der Waals surface area contributed by atoms with E-state index in [1.165, 1.54) is 11.3 Å². The maximum absolute atomic E-state index is 4.68. The quantitative estimate of drug-likeness (QED) is 0.496. The van der Waals surface area contributed by atoms with Crippen molar-refractivity contribution in [3.05, 3.63) is 60.8 Å². The zero-order valence-corrected chi connectivity index (χ0v) is 13.2. The average Bonchev–Trinajstić information content (AvgIpc) is 3.23. The van der Waals surface area contributed by atoms with Crippen molar-refractivity contribution in [3.8, 4) is 22.2 Å². The highest BCUT2D eigenvalue weighted by Gasteiger charge is 2.16. The van der Waals surface area contributed by atoms with Crippen LogP contribution in [0, 0.1) is 0 Å². The number of para-hydroxylation sites is 1. The molecule has 4 heterocycles. The SMILES string of the molecule is c1ccc(-c2nn3c(-c4ccc5ccccc5n4)nnc3s2)nc1. The second kappa shape index (κ2) is 5.17. The van der Waals surface area contributed by atoms with Crippen LogP contribution in [0.15, 0.2) is 60.8 Å². The van der Waals surface area contributed by atoms with Gasteiger partial charge in [-0.05, 0) is 24.3 Å². The molecule has 0 aliphatic rings. The van der Waals surface area contributed by atoms with Crippen molar-refractivity contribution in [1.82, 2.24) is 29.8 Å². The van der Waals surface area contributed by atoms with Crippen LogP contribution in [0.1, 0.15) is 0 Å². The summed E-state index contributed by atoms with van der Waals surface area (Å²) in [5.74, 6) is 0.634. The number of nitrogens with zero attached hydrogens (tertiary/aromatic N) is 6. The molecule has 0 saturated heterocycles. The highest BCUT2D eigenvalue weighted by molar-refractivity contribution is 7.19. The summed E-state index contributed by atoms with van der Waals surface area (Å²) >= 11 is 1.46. The summed E-state index contributed by atoms with van der Waals surface area (Å²) in [7, 11) is 0. The summed E-state index contributed by atoms with van der Waals surface area (Å²) in [6.45, 7) is 0. The minimum absolute atomic E-state index is 0.634. The first kappa shape index (κ1) is 13.3. The van der Waals surface area contributed by atoms with E-state index in [0.29, 0.717) is 5.82 Å². The number of aromatic nitrogens is 6. The second-order valence-electron chi connectivity index (χ2n) is 5.23. The average molecular weight is 330 g/mol. The Labute approximate surface area is 140 Å². The van der Waals surface area contributed by atoms with Crippen LogP contribution >= 0.6 is 11.3 Å². The lowest BCUT2D eigenvalue weighted by molar-refractivity contribution is 0.960. The van der Waals surface area contributed by atoms with E-state index in [2.05, 4.69) is 25.3 Å². The molecule has 0 saturated carbocycles. The fourth-order valence-electron chi connectivity index (χ4n) is 2.56. The maximum Gasteiger partial charge on any atom is 0.235 e. The van der Waals surface area contributed by atoms with Gasteiger partial charge in [0.15, 0.2) is 5.01 Å². The van der Waals surface area contributed by atoms with Gasteiger partial charge in [0.2, 0.25) is 10.8 Å². The molecule has 6 nitrogen and oxygen atoms in total. The van der Waals surface area contributed by atoms with Crippen LogP contribution in [0.4, 0.5) is 0 Å². The predicted octanol–water partition coefficient (Wildman–Crippen LogP) is 3.46. The minimum atomic E-state index is 0.634. The van der Waals surface area contributed by atoms with E-state index in [1.807, 2.05) is 54.6 Å². The second-order valence-corrected chi connectivity index (χ2v) is 6.19. The lowest BCUT2D eigenvalue weighted by atomic mass is 10.2. The number of hydrogen-bond donors (Lipinski definition) is 0. The zero-order chi connectivity index (χ0) is 15.9. The fourth-order valence-corrected chi connectivity index (χ4v) is 3.38. The number of rotatable bonds is 2. The highest BCUT2D eigenvalue weighted by atomic mass is 32.1. The molecule has 0 fully saturated rings. The molecule has 4 aromatic heterocycles. The van der Waals surface area contributed by atoms with E-state index < -0.39 is 0 Å². The van der Waals surface area contributed by atoms with Gasteiger partial charge >= 0.3 is 0 Å². The molecule has 5 rings (SSSR count). The summed E-state index contributed by atoms with van der Waals surface area (Å²) in [5.41, 5.74) is 2.50. The Bertz CT molecular complexity index is 1160. The Morgan fingerprint density at radius 2 is 1.75 bits per heavy atom. The molecule has 5 aromatic rings. The predicted molar refractivity (Wildman–Crippen MR) is 92.6 cm³/mol. The van der Waals surface area contributed by atoms with Crippen molar-refractivity contribution in [2.24, 2.45) is 0 Å². The molecule has 24 heavy (non-hydrogen) atoms. The van der Waals surface area contributed by atoms with Gasteiger partial charge in [-0.1, -0.05) is 41.7 Å². The van der Waals surface area contributed by atoms with Gasteiger partial charge < -0.3 is 0 Å². The third kappa shape index (κ3) is 2.06. The van der Waals surface area contributed by atoms with Gasteiger partial charge in [0.1, 0.15) is 11.4 Å². The van der Waals surface area contributed by atoms with Crippen LogP contribution in [-0.4, -0.2) is 29.8 Å². The molecule has 0 unspecified atom stereocenters. The summed E-state index contributed by atoms with van der Waals surface area (Å²) in [6, 6.07) is 17.7. The van der Waals surface area contributed by atoms with E-state index >= 15 is 0 Å². The Hall–Kier alpha value is -3.19. The smallest absolute Gasteiger partial charge is 0.235 e. The molecule has 0 aliphatic carbocycles. The van der Waals surface area contributed by atoms with E-state index in [9.17, 15) is 0 Å². The van der Waals surface area contributed by atoms with E-state index in [1.54, 1.807) is 10.7 Å². The molecular weight excluding hydrogens is 320 g/mol. The third-order valence-corrected chi connectivity index (χ3v) is 4.62. The molecule has 0 radical (unpaired) electrons. The molecule has 1 aromatic carbocycles. The monoisotopic (exact) mass is 330 g/mol. The lowest BCUT2D eigenvalue weighted by Gasteiger charge is -2.00. The Morgan fingerprint density at radius 1 is 0.833 bits per heavy atom. The van der Waals surface area contributed by atoms with Crippen molar-refractivity contribution >= 4 is 27.2 Å². The highest BCUT2D eigenvalue weighted by Crippen LogP contribution is 2.26. The van der Waals surface area contributed by atoms with Gasteiger partial charge in [-0.15, -0.1) is 10.2 Å². The largest absolute Gasteiger partial charge is 0.254 e. The summed E-state index contributed by atoms with van der Waals surface area (Å²) in [5, 5.41) is 15.0. The van der Waals surface area contributed by atoms with Crippen molar-refractivity contribution in [2.75, 3.05) is 0 Å². The van der Waals surface area contributed by atoms with Crippen LogP contribution in [0.3, 0.4) is 0 Å². The van der Waals surface area contributed by atoms with Crippen LogP contribution in [0.2, 0.25) is 0 Å². The molecule has 0 aliphatic heterocycles. The number of benzene rings is 1. The van der Waals surface area contributed by atoms with E-state index in [-0.39, 0.29) is 0 Å². The van der Waals surface area contributed by atoms with Crippen molar-refractivity contribution < 1.29 is 0 Å². The van der Waals surface area contributed by atoms with Crippen LogP contribution in [-0.2, 0) is 0 Å². The van der Waals surface area contributed by atoms with Crippen LogP contribution in [0.25, 0.3) is 38.1 Å². The van der Waals surface area contributed by atoms with Gasteiger partial charge in [0, 0.05) is 11.6 Å². The van der Waals surface area contributed by atoms with Gasteiger partial charge in [0.25, 0.3) is 0 Å². The number of fused-ring (bicyclic) bond motifs is 2. The minimum Gasteiger partial charge on any atom is -0.254 e. The number of pyridine rings is 2. The van der Waals surface area contributed by atoms with Crippen LogP contribution < -0.4 is 0 Å². The Morgan fingerprint density at radius 3 is 2.67 bits per heavy atom. The molecular formula is C17H10N6S. The zero-order valence-electron chi connectivity index (χ0n) is 12.4. The molecule has 0 N–H and O–H groups in total. The molecule has 114 valence electrons. The molecule has 7 heteroatoms. The summed E-state index contributed by atoms with van der Waals surface area (Å²) in [4.78, 5) is 9.74. The topological polar surface area (TPSA) is 68.9 Å². The van der Waals surface area contributed by atoms with Gasteiger partial charge in [0.05, 0.1) is 5.52 Å². The van der Waals surface area contributed by atoms with Crippen molar-refractivity contribution in [2.45, 2.75) is 0 Å². The summed E-state index contributed by atoms with van der Waals surface area (Å²) < 4.78 is 1.73. The Kier molecular flexibility index (Phi) is 2.86. The van der Waals surface area contributed by atoms with Gasteiger partial charge in [-0.25, -0.2) is 4.98 Å². The maximum atomic E-state index is 4.68. The normalized spacial score (nSPS) is 11.3. The molecule has 0 spiro atoms. The first-order valence-corrected chi connectivity index (χ1v) is 8.20. The molecule has 0 bridgehead atoms. The van der Waals surface area contributed by atoms with Crippen LogP contribution in [0.5, 0.6) is 0 Å². The van der Waals surface area contributed by atoms with Crippen molar-refractivity contribution in [3.63, 3.8) is 0 Å². The van der Waals surface area contributed by atoms with Gasteiger partial charge in [-0.3, -0.25) is 4.98 Å². The fraction of sp³-hybridized carbons (Fsp3) is 0. The summed E-state index contributed by atoms with van der Waals surface area (Å²) in [6.07, 6.45) is 1.75. The molecule has 0 amide bonds.